The Hall–Kier alpha value is -6.33. The van der Waals surface area contributed by atoms with E-state index < -0.39 is 0 Å². The molecule has 216 valence electrons. The number of rotatable bonds is 5. The van der Waals surface area contributed by atoms with Gasteiger partial charge < -0.3 is 8.83 Å². The molecule has 6 aromatic carbocycles. The van der Waals surface area contributed by atoms with E-state index in [4.69, 9.17) is 23.8 Å². The van der Waals surface area contributed by atoms with Crippen molar-refractivity contribution in [3.8, 4) is 56.5 Å². The number of aromatic nitrogens is 3. The summed E-state index contributed by atoms with van der Waals surface area (Å²) in [5, 5.41) is 1.90. The molecule has 5 heteroatoms. The van der Waals surface area contributed by atoms with E-state index in [1.54, 1.807) is 0 Å². The van der Waals surface area contributed by atoms with Crippen LogP contribution in [0.25, 0.3) is 89.5 Å². The Morgan fingerprint density at radius 2 is 1.00 bits per heavy atom. The van der Waals surface area contributed by atoms with E-state index in [9.17, 15) is 0 Å². The monoisotopic (exact) mass is 591 g/mol. The molecule has 0 N–H and O–H groups in total. The molecule has 0 bridgehead atoms. The van der Waals surface area contributed by atoms with Gasteiger partial charge in [0, 0.05) is 33.0 Å². The maximum absolute atomic E-state index is 6.34. The number of hydrogen-bond donors (Lipinski definition) is 0. The number of fused-ring (bicyclic) bond motifs is 4. The summed E-state index contributed by atoms with van der Waals surface area (Å²) in [6.07, 6.45) is 0. The highest BCUT2D eigenvalue weighted by atomic mass is 16.3. The van der Waals surface area contributed by atoms with Crippen LogP contribution in [0.2, 0.25) is 0 Å². The topological polar surface area (TPSA) is 65.0 Å². The molecule has 3 heterocycles. The summed E-state index contributed by atoms with van der Waals surface area (Å²) in [6.45, 7) is 0. The molecule has 0 saturated carbocycles. The fourth-order valence-electron chi connectivity index (χ4n) is 6.08. The summed E-state index contributed by atoms with van der Waals surface area (Å²) in [4.78, 5) is 15.0. The van der Waals surface area contributed by atoms with Crippen molar-refractivity contribution in [3.63, 3.8) is 0 Å². The van der Waals surface area contributed by atoms with Crippen molar-refractivity contribution in [2.75, 3.05) is 0 Å². The van der Waals surface area contributed by atoms with E-state index in [0.717, 1.165) is 72.2 Å². The Morgan fingerprint density at radius 3 is 1.76 bits per heavy atom. The number of benzene rings is 6. The van der Waals surface area contributed by atoms with Crippen LogP contribution in [0, 0.1) is 0 Å². The quantitative estimate of drug-likeness (QED) is 0.199. The summed E-state index contributed by atoms with van der Waals surface area (Å²) >= 11 is 0. The van der Waals surface area contributed by atoms with Gasteiger partial charge in [0.15, 0.2) is 11.4 Å². The second-order valence-corrected chi connectivity index (χ2v) is 11.2. The Morgan fingerprint density at radius 1 is 0.391 bits per heavy atom. The SMILES string of the molecule is c1ccc(-c2ccc(-c3cc(-c4ccccc4)nc(-c4cccc5oc6ccc(-c7nc8ccccc8o7)cc6c45)n3)cc2)cc1. The molecule has 0 saturated heterocycles. The van der Waals surface area contributed by atoms with Gasteiger partial charge >= 0.3 is 0 Å². The van der Waals surface area contributed by atoms with Crippen molar-refractivity contribution in [1.82, 2.24) is 15.0 Å². The van der Waals surface area contributed by atoms with E-state index >= 15 is 0 Å². The second kappa shape index (κ2) is 10.7. The first kappa shape index (κ1) is 26.1. The fraction of sp³-hybridized carbons (Fsp3) is 0. The van der Waals surface area contributed by atoms with Crippen LogP contribution in [-0.4, -0.2) is 15.0 Å². The summed E-state index contributed by atoms with van der Waals surface area (Å²) in [5.74, 6) is 1.20. The van der Waals surface area contributed by atoms with Gasteiger partial charge in [-0.05, 0) is 53.6 Å². The Labute approximate surface area is 264 Å². The number of oxazole rings is 1. The highest BCUT2D eigenvalue weighted by Gasteiger charge is 2.18. The van der Waals surface area contributed by atoms with E-state index in [1.807, 2.05) is 72.8 Å². The van der Waals surface area contributed by atoms with Crippen molar-refractivity contribution in [2.24, 2.45) is 0 Å². The molecule has 9 rings (SSSR count). The molecule has 9 aromatic rings. The standard InChI is InChI=1S/C41H25N3O2/c1-3-10-26(11-4-1)27-18-20-29(21-19-27)35-25-34(28-12-5-2-6-13-28)42-40(43-35)31-14-9-17-38-39(31)32-24-30(22-23-36(32)45-38)41-44-33-15-7-8-16-37(33)46-41/h1-25H. The molecule has 0 amide bonds. The third kappa shape index (κ3) is 4.54. The number of hydrogen-bond acceptors (Lipinski definition) is 5. The molecular formula is C41H25N3O2. The summed E-state index contributed by atoms with van der Waals surface area (Å²) in [5.41, 5.74) is 11.0. The van der Waals surface area contributed by atoms with Gasteiger partial charge in [0.25, 0.3) is 0 Å². The summed E-state index contributed by atoms with van der Waals surface area (Å²) in [7, 11) is 0. The van der Waals surface area contributed by atoms with Crippen LogP contribution >= 0.6 is 0 Å². The van der Waals surface area contributed by atoms with Crippen LogP contribution < -0.4 is 0 Å². The molecule has 0 aliphatic rings. The van der Waals surface area contributed by atoms with Crippen molar-refractivity contribution < 1.29 is 8.83 Å². The molecule has 0 unspecified atom stereocenters. The molecule has 0 atom stereocenters. The average Bonchev–Trinajstić information content (AvgIpc) is 3.74. The zero-order valence-electron chi connectivity index (χ0n) is 24.6. The Balaban J connectivity index is 1.22. The highest BCUT2D eigenvalue weighted by molar-refractivity contribution is 6.12. The number of nitrogens with zero attached hydrogens (tertiary/aromatic N) is 3. The molecule has 0 fully saturated rings. The van der Waals surface area contributed by atoms with Gasteiger partial charge in [-0.3, -0.25) is 0 Å². The van der Waals surface area contributed by atoms with Gasteiger partial charge in [0.05, 0.1) is 11.4 Å². The molecule has 0 radical (unpaired) electrons. The van der Waals surface area contributed by atoms with E-state index in [-0.39, 0.29) is 0 Å². The van der Waals surface area contributed by atoms with Crippen LogP contribution in [0.15, 0.2) is 160 Å². The van der Waals surface area contributed by atoms with Crippen molar-refractivity contribution in [1.29, 1.82) is 0 Å². The lowest BCUT2D eigenvalue weighted by Gasteiger charge is -2.11. The zero-order chi connectivity index (χ0) is 30.5. The lowest BCUT2D eigenvalue weighted by molar-refractivity contribution is 0.620. The van der Waals surface area contributed by atoms with Crippen LogP contribution in [-0.2, 0) is 0 Å². The largest absolute Gasteiger partial charge is 0.456 e. The molecule has 0 aliphatic carbocycles. The van der Waals surface area contributed by atoms with E-state index in [1.165, 1.54) is 5.56 Å². The second-order valence-electron chi connectivity index (χ2n) is 11.2. The molecule has 46 heavy (non-hydrogen) atoms. The summed E-state index contributed by atoms with van der Waals surface area (Å²) < 4.78 is 12.4. The van der Waals surface area contributed by atoms with Crippen LogP contribution in [0.1, 0.15) is 0 Å². The molecule has 0 spiro atoms. The number of para-hydroxylation sites is 2. The Bertz CT molecular complexity index is 2480. The Kier molecular flexibility index (Phi) is 6.06. The lowest BCUT2D eigenvalue weighted by Crippen LogP contribution is -1.96. The normalized spacial score (nSPS) is 11.5. The first-order valence-corrected chi connectivity index (χ1v) is 15.2. The van der Waals surface area contributed by atoms with Gasteiger partial charge in [-0.1, -0.05) is 109 Å². The molecule has 0 aliphatic heterocycles. The smallest absolute Gasteiger partial charge is 0.227 e. The van der Waals surface area contributed by atoms with E-state index in [0.29, 0.717) is 11.7 Å². The predicted molar refractivity (Wildman–Crippen MR) is 184 cm³/mol. The molecule has 5 nitrogen and oxygen atoms in total. The predicted octanol–water partition coefficient (Wildman–Crippen LogP) is 10.9. The average molecular weight is 592 g/mol. The van der Waals surface area contributed by atoms with Gasteiger partial charge in [-0.2, -0.15) is 0 Å². The third-order valence-corrected chi connectivity index (χ3v) is 8.36. The van der Waals surface area contributed by atoms with Crippen LogP contribution in [0.3, 0.4) is 0 Å². The van der Waals surface area contributed by atoms with Gasteiger partial charge in [0.2, 0.25) is 5.89 Å². The highest BCUT2D eigenvalue weighted by Crippen LogP contribution is 2.39. The van der Waals surface area contributed by atoms with Gasteiger partial charge in [-0.15, -0.1) is 0 Å². The van der Waals surface area contributed by atoms with Gasteiger partial charge in [0.1, 0.15) is 16.7 Å². The van der Waals surface area contributed by atoms with Crippen molar-refractivity contribution in [3.05, 3.63) is 152 Å². The maximum atomic E-state index is 6.34. The van der Waals surface area contributed by atoms with Crippen molar-refractivity contribution in [2.45, 2.75) is 0 Å². The molecular weight excluding hydrogens is 566 g/mol. The lowest BCUT2D eigenvalue weighted by atomic mass is 10.0. The first-order chi connectivity index (χ1) is 22.8. The van der Waals surface area contributed by atoms with Crippen molar-refractivity contribution >= 4 is 33.0 Å². The minimum Gasteiger partial charge on any atom is -0.456 e. The minimum absolute atomic E-state index is 0.568. The minimum atomic E-state index is 0.568. The van der Waals surface area contributed by atoms with Gasteiger partial charge in [-0.25, -0.2) is 15.0 Å². The number of furan rings is 1. The molecule has 3 aromatic heterocycles. The maximum Gasteiger partial charge on any atom is 0.227 e. The summed E-state index contributed by atoms with van der Waals surface area (Å²) in [6, 6.07) is 51.1. The fourth-order valence-corrected chi connectivity index (χ4v) is 6.08. The third-order valence-electron chi connectivity index (χ3n) is 8.36. The van der Waals surface area contributed by atoms with Crippen LogP contribution in [0.4, 0.5) is 0 Å². The zero-order valence-corrected chi connectivity index (χ0v) is 24.6. The first-order valence-electron chi connectivity index (χ1n) is 15.2. The van der Waals surface area contributed by atoms with Crippen LogP contribution in [0.5, 0.6) is 0 Å². The van der Waals surface area contributed by atoms with E-state index in [2.05, 4.69) is 78.9 Å².